The molecule has 0 fully saturated rings. The molecule has 2 aromatic heterocycles. The molecule has 0 atom stereocenters. The molecule has 112 valence electrons. The van der Waals surface area contributed by atoms with Crippen LogP contribution in [0.5, 0.6) is 11.8 Å². The average Bonchev–Trinajstić information content (AvgIpc) is 2.40. The molecule has 0 aliphatic carbocycles. The van der Waals surface area contributed by atoms with E-state index in [2.05, 4.69) is 20.2 Å². The Bertz CT molecular complexity index is 962. The van der Waals surface area contributed by atoms with Gasteiger partial charge in [0.1, 0.15) is 0 Å². The molecule has 0 radical (unpaired) electrons. The number of nitrogens with zero attached hydrogens (tertiary/aromatic N) is 4. The first-order chi connectivity index (χ1) is 10.4. The van der Waals surface area contributed by atoms with E-state index < -0.39 is 39.9 Å². The number of nitrogens with one attached hydrogen (secondary N) is 4. The van der Waals surface area contributed by atoms with Gasteiger partial charge in [-0.2, -0.15) is 10.2 Å². The second-order valence-corrected chi connectivity index (χ2v) is 3.63. The van der Waals surface area contributed by atoms with E-state index in [1.165, 1.54) is 6.19 Å². The zero-order valence-corrected chi connectivity index (χ0v) is 10.4. The van der Waals surface area contributed by atoms with Crippen molar-refractivity contribution in [2.45, 2.75) is 0 Å². The highest BCUT2D eigenvalue weighted by Crippen LogP contribution is 2.23. The number of aromatic amines is 3. The maximum Gasteiger partial charge on any atom is 0.328 e. The number of hydrogen-bond acceptors (Lipinski definition) is 10. The standard InChI is InChI=1S/C9H6N8O5/c10-1-11-8-12-4(18)2(5(19)13-8)16-17-3-6(20)14-9(22)15-7(3)21/h(H3,11,12,13,18,19)(H3,14,15,20,21,22). The first-order valence-corrected chi connectivity index (χ1v) is 5.38. The quantitative estimate of drug-likeness (QED) is 0.231. The third kappa shape index (κ3) is 2.80. The van der Waals surface area contributed by atoms with Gasteiger partial charge < -0.3 is 10.2 Å². The van der Waals surface area contributed by atoms with Gasteiger partial charge in [-0.15, -0.1) is 10.2 Å². The zero-order chi connectivity index (χ0) is 16.3. The van der Waals surface area contributed by atoms with E-state index in [9.17, 15) is 24.6 Å². The van der Waals surface area contributed by atoms with Crippen LogP contribution in [0, 0.1) is 11.5 Å². The molecule has 2 heterocycles. The lowest BCUT2D eigenvalue weighted by atomic mass is 10.5. The molecule has 13 nitrogen and oxygen atoms in total. The zero-order valence-electron chi connectivity index (χ0n) is 10.4. The van der Waals surface area contributed by atoms with Gasteiger partial charge in [0, 0.05) is 0 Å². The van der Waals surface area contributed by atoms with Crippen LogP contribution < -0.4 is 22.1 Å². The van der Waals surface area contributed by atoms with Gasteiger partial charge in [0.25, 0.3) is 11.1 Å². The number of aromatic hydroxyl groups is 2. The van der Waals surface area contributed by atoms with Crippen LogP contribution in [-0.4, -0.2) is 30.1 Å². The summed E-state index contributed by atoms with van der Waals surface area (Å²) in [6.45, 7) is 0. The molecule has 22 heavy (non-hydrogen) atoms. The smallest absolute Gasteiger partial charge is 0.328 e. The third-order valence-electron chi connectivity index (χ3n) is 2.20. The van der Waals surface area contributed by atoms with E-state index in [4.69, 9.17) is 5.26 Å². The molecule has 0 saturated carbocycles. The van der Waals surface area contributed by atoms with E-state index in [1.54, 1.807) is 4.98 Å². The molecule has 2 aromatic rings. The Kier molecular flexibility index (Phi) is 3.67. The fourth-order valence-corrected chi connectivity index (χ4v) is 1.32. The number of nitriles is 1. The first-order valence-electron chi connectivity index (χ1n) is 5.38. The van der Waals surface area contributed by atoms with Crippen molar-refractivity contribution < 1.29 is 10.2 Å². The lowest BCUT2D eigenvalue weighted by Crippen LogP contribution is -2.20. The van der Waals surface area contributed by atoms with E-state index in [1.807, 2.05) is 10.3 Å². The average molecular weight is 306 g/mol. The van der Waals surface area contributed by atoms with Gasteiger partial charge in [0.2, 0.25) is 29.1 Å². The molecule has 0 bridgehead atoms. The Labute approximate surface area is 118 Å². The van der Waals surface area contributed by atoms with Crippen LogP contribution in [0.2, 0.25) is 0 Å². The van der Waals surface area contributed by atoms with E-state index in [-0.39, 0.29) is 5.95 Å². The molecule has 0 spiro atoms. The van der Waals surface area contributed by atoms with Crippen LogP contribution in [0.15, 0.2) is 24.6 Å². The Hall–Kier alpha value is -3.95. The van der Waals surface area contributed by atoms with Crippen LogP contribution in [0.3, 0.4) is 0 Å². The second kappa shape index (κ2) is 5.58. The number of rotatable bonds is 3. The molecular formula is C9H6N8O5. The summed E-state index contributed by atoms with van der Waals surface area (Å²) in [5.74, 6) is -2.07. The molecule has 13 heteroatoms. The monoisotopic (exact) mass is 306 g/mol. The predicted octanol–water partition coefficient (Wildman–Crippen LogP) is -1.13. The number of H-pyrrole nitrogens is 3. The largest absolute Gasteiger partial charge is 0.493 e. The van der Waals surface area contributed by atoms with Gasteiger partial charge in [-0.1, -0.05) is 0 Å². The van der Waals surface area contributed by atoms with Gasteiger partial charge in [-0.25, -0.2) is 4.79 Å². The summed E-state index contributed by atoms with van der Waals surface area (Å²) in [7, 11) is 0. The Morgan fingerprint density at radius 2 is 1.68 bits per heavy atom. The Morgan fingerprint density at radius 3 is 2.27 bits per heavy atom. The SMILES string of the molecule is N#CNc1nc(O)c(N=Nc2c(O)[nH]c(=O)[nH]c2=O)c(=O)[nH]1. The molecule has 2 rings (SSSR count). The first kappa shape index (κ1) is 14.5. The summed E-state index contributed by atoms with van der Waals surface area (Å²) in [5, 5.41) is 35.8. The fourth-order valence-electron chi connectivity index (χ4n) is 1.32. The number of hydrogen-bond donors (Lipinski definition) is 6. The van der Waals surface area contributed by atoms with E-state index in [0.717, 1.165) is 0 Å². The highest BCUT2D eigenvalue weighted by atomic mass is 16.3. The lowest BCUT2D eigenvalue weighted by molar-refractivity contribution is 0.448. The van der Waals surface area contributed by atoms with Crippen LogP contribution >= 0.6 is 0 Å². The van der Waals surface area contributed by atoms with Gasteiger partial charge in [-0.05, 0) is 0 Å². The molecular weight excluding hydrogens is 300 g/mol. The van der Waals surface area contributed by atoms with E-state index >= 15 is 0 Å². The molecule has 0 aromatic carbocycles. The summed E-state index contributed by atoms with van der Waals surface area (Å²) in [6, 6.07) is 0. The van der Waals surface area contributed by atoms with Crippen molar-refractivity contribution in [1.82, 2.24) is 19.9 Å². The van der Waals surface area contributed by atoms with Crippen molar-refractivity contribution in [3.63, 3.8) is 0 Å². The molecule has 0 saturated heterocycles. The topological polar surface area (TPSA) is 212 Å². The van der Waals surface area contributed by atoms with Gasteiger partial charge in [0.15, 0.2) is 6.19 Å². The van der Waals surface area contributed by atoms with Crippen molar-refractivity contribution in [2.24, 2.45) is 10.2 Å². The molecule has 6 N–H and O–H groups in total. The van der Waals surface area contributed by atoms with Gasteiger partial charge >= 0.3 is 5.69 Å². The van der Waals surface area contributed by atoms with Crippen LogP contribution in [0.1, 0.15) is 0 Å². The van der Waals surface area contributed by atoms with E-state index in [0.29, 0.717) is 0 Å². The maximum absolute atomic E-state index is 11.6. The van der Waals surface area contributed by atoms with Crippen molar-refractivity contribution in [3.05, 3.63) is 31.2 Å². The molecule has 0 amide bonds. The minimum atomic E-state index is -1.06. The summed E-state index contributed by atoms with van der Waals surface area (Å²) < 4.78 is 0. The predicted molar refractivity (Wildman–Crippen MR) is 69.3 cm³/mol. The molecule has 0 aliphatic rings. The molecule has 0 aliphatic heterocycles. The minimum absolute atomic E-state index is 0.325. The van der Waals surface area contributed by atoms with Crippen molar-refractivity contribution >= 4 is 17.3 Å². The highest BCUT2D eigenvalue weighted by molar-refractivity contribution is 5.49. The minimum Gasteiger partial charge on any atom is -0.493 e. The van der Waals surface area contributed by atoms with Crippen LogP contribution in [0.4, 0.5) is 17.3 Å². The fraction of sp³-hybridized carbons (Fsp3) is 0. The number of azo groups is 1. The Balaban J connectivity index is 2.48. The highest BCUT2D eigenvalue weighted by Gasteiger charge is 2.12. The lowest BCUT2D eigenvalue weighted by Gasteiger charge is -1.99. The normalized spacial score (nSPS) is 10.5. The van der Waals surface area contributed by atoms with Gasteiger partial charge in [-0.3, -0.25) is 29.9 Å². The molecule has 0 unspecified atom stereocenters. The summed E-state index contributed by atoms with van der Waals surface area (Å²) in [4.78, 5) is 43.0. The summed E-state index contributed by atoms with van der Waals surface area (Å²) in [5.41, 5.74) is -4.34. The second-order valence-electron chi connectivity index (χ2n) is 3.63. The third-order valence-corrected chi connectivity index (χ3v) is 2.20. The maximum atomic E-state index is 11.6. The van der Waals surface area contributed by atoms with Crippen molar-refractivity contribution in [1.29, 1.82) is 5.26 Å². The number of aromatic nitrogens is 4. The Morgan fingerprint density at radius 1 is 1.05 bits per heavy atom. The summed E-state index contributed by atoms with van der Waals surface area (Å²) in [6.07, 6.45) is 1.48. The summed E-state index contributed by atoms with van der Waals surface area (Å²) >= 11 is 0. The van der Waals surface area contributed by atoms with Gasteiger partial charge in [0.05, 0.1) is 0 Å². The number of anilines is 1. The van der Waals surface area contributed by atoms with Crippen LogP contribution in [-0.2, 0) is 0 Å². The van der Waals surface area contributed by atoms with Crippen molar-refractivity contribution in [2.75, 3.05) is 5.32 Å². The van der Waals surface area contributed by atoms with Crippen LogP contribution in [0.25, 0.3) is 0 Å². The van der Waals surface area contributed by atoms with Crippen molar-refractivity contribution in [3.8, 4) is 18.0 Å².